The second-order valence-electron chi connectivity index (χ2n) is 6.19. The van der Waals surface area contributed by atoms with Crippen molar-refractivity contribution in [2.45, 2.75) is 45.4 Å². The lowest BCUT2D eigenvalue weighted by Crippen LogP contribution is -2.48. The van der Waals surface area contributed by atoms with Crippen molar-refractivity contribution in [2.75, 3.05) is 26.2 Å². The van der Waals surface area contributed by atoms with Crippen molar-refractivity contribution >= 4 is 11.7 Å². The summed E-state index contributed by atoms with van der Waals surface area (Å²) in [6.07, 6.45) is 6.21. The van der Waals surface area contributed by atoms with Gasteiger partial charge in [0.25, 0.3) is 0 Å². The van der Waals surface area contributed by atoms with Gasteiger partial charge in [0, 0.05) is 24.9 Å². The first-order valence-corrected chi connectivity index (χ1v) is 7.88. The molecule has 5 nitrogen and oxygen atoms in total. The predicted octanol–water partition coefficient (Wildman–Crippen LogP) is 1.18. The fraction of sp³-hybridized carbons (Fsp3) is 0.867. The number of nitrogens with zero attached hydrogens (tertiary/aromatic N) is 2. The summed E-state index contributed by atoms with van der Waals surface area (Å²) < 4.78 is 0. The molecule has 0 bridgehead atoms. The van der Waals surface area contributed by atoms with Crippen molar-refractivity contribution < 1.29 is 9.59 Å². The lowest BCUT2D eigenvalue weighted by molar-refractivity contribution is -0.142. The molecule has 1 aliphatic heterocycles. The first-order valence-electron chi connectivity index (χ1n) is 7.88. The highest BCUT2D eigenvalue weighted by molar-refractivity contribution is 5.87. The Morgan fingerprint density at radius 1 is 1.10 bits per heavy atom. The Morgan fingerprint density at radius 3 is 2.30 bits per heavy atom. The highest BCUT2D eigenvalue weighted by Crippen LogP contribution is 2.31. The lowest BCUT2D eigenvalue weighted by Gasteiger charge is -2.32. The Morgan fingerprint density at radius 2 is 1.70 bits per heavy atom. The van der Waals surface area contributed by atoms with Crippen LogP contribution in [0.5, 0.6) is 0 Å². The van der Waals surface area contributed by atoms with Gasteiger partial charge >= 0.3 is 0 Å². The van der Waals surface area contributed by atoms with Crippen LogP contribution >= 0.6 is 0 Å². The highest BCUT2D eigenvalue weighted by atomic mass is 16.2. The number of carbonyl (C=O) groups is 2. The number of Topliss-reactive ketones (excluding diaryl/α,β-unsaturated/α-hetero) is 1. The number of amides is 1. The number of ketones is 1. The molecule has 114 valence electrons. The Balaban J connectivity index is 1.85. The summed E-state index contributed by atoms with van der Waals surface area (Å²) in [5, 5.41) is 1.35. The van der Waals surface area contributed by atoms with Crippen LogP contribution in [0.4, 0.5) is 0 Å². The summed E-state index contributed by atoms with van der Waals surface area (Å²) in [6.45, 7) is 5.24. The van der Waals surface area contributed by atoms with Gasteiger partial charge in [0.15, 0.2) is 0 Å². The van der Waals surface area contributed by atoms with Crippen LogP contribution in [0.25, 0.3) is 0 Å². The van der Waals surface area contributed by atoms with E-state index in [0.29, 0.717) is 6.54 Å². The largest absolute Gasteiger partial charge is 0.302 e. The zero-order chi connectivity index (χ0) is 14.5. The van der Waals surface area contributed by atoms with Crippen LogP contribution in [0.1, 0.15) is 45.4 Å². The van der Waals surface area contributed by atoms with Gasteiger partial charge in [-0.3, -0.25) is 14.6 Å². The van der Waals surface area contributed by atoms with E-state index >= 15 is 0 Å². The number of nitrogens with two attached hydrogens (primary N) is 1. The van der Waals surface area contributed by atoms with Gasteiger partial charge < -0.3 is 4.90 Å². The minimum absolute atomic E-state index is 0.0379. The van der Waals surface area contributed by atoms with Gasteiger partial charge in [-0.05, 0) is 45.7 Å². The van der Waals surface area contributed by atoms with Gasteiger partial charge in [0.2, 0.25) is 5.91 Å². The third-order valence-corrected chi connectivity index (χ3v) is 4.74. The van der Waals surface area contributed by atoms with Gasteiger partial charge in [-0.2, -0.15) is 0 Å². The molecule has 2 atom stereocenters. The van der Waals surface area contributed by atoms with Crippen molar-refractivity contribution in [1.82, 2.24) is 9.91 Å². The van der Waals surface area contributed by atoms with E-state index in [1.54, 1.807) is 6.92 Å². The maximum absolute atomic E-state index is 12.4. The molecule has 0 unspecified atom stereocenters. The fourth-order valence-corrected chi connectivity index (χ4v) is 3.49. The molecule has 0 aromatic heterocycles. The summed E-state index contributed by atoms with van der Waals surface area (Å²) in [6, 6.07) is 0. The minimum Gasteiger partial charge on any atom is -0.302 e. The molecule has 1 saturated carbocycles. The number of hydrogen-bond acceptors (Lipinski definition) is 4. The molecule has 2 N–H and O–H groups in total. The summed E-state index contributed by atoms with van der Waals surface area (Å²) in [5.74, 6) is 5.73. The van der Waals surface area contributed by atoms with Crippen LogP contribution in [0, 0.1) is 11.8 Å². The summed E-state index contributed by atoms with van der Waals surface area (Å²) >= 11 is 0. The third kappa shape index (κ3) is 3.79. The van der Waals surface area contributed by atoms with Crippen LogP contribution in [-0.4, -0.2) is 47.8 Å². The average Bonchev–Trinajstić information content (AvgIpc) is 2.97. The average molecular weight is 281 g/mol. The standard InChI is InChI=1S/C15H27N3O2/c1-12(19)13-6-2-3-7-14(13)15(20)18(16)11-10-17-8-4-5-9-17/h13-14H,2-11,16H2,1H3/t13-,14-/m1/s1. The van der Waals surface area contributed by atoms with E-state index in [0.717, 1.165) is 45.3 Å². The smallest absolute Gasteiger partial charge is 0.240 e. The molecule has 0 spiro atoms. The van der Waals surface area contributed by atoms with E-state index in [1.165, 1.54) is 17.9 Å². The maximum atomic E-state index is 12.4. The predicted molar refractivity (Wildman–Crippen MR) is 77.7 cm³/mol. The van der Waals surface area contributed by atoms with Crippen molar-refractivity contribution in [1.29, 1.82) is 0 Å². The number of carbonyl (C=O) groups excluding carboxylic acids is 2. The molecule has 2 aliphatic rings. The van der Waals surface area contributed by atoms with Crippen molar-refractivity contribution in [2.24, 2.45) is 17.7 Å². The number of rotatable bonds is 5. The van der Waals surface area contributed by atoms with E-state index in [-0.39, 0.29) is 23.5 Å². The van der Waals surface area contributed by atoms with E-state index in [4.69, 9.17) is 5.84 Å². The monoisotopic (exact) mass is 281 g/mol. The molecule has 2 fully saturated rings. The molecule has 1 aliphatic carbocycles. The second-order valence-corrected chi connectivity index (χ2v) is 6.19. The van der Waals surface area contributed by atoms with Gasteiger partial charge in [-0.15, -0.1) is 0 Å². The van der Waals surface area contributed by atoms with Crippen molar-refractivity contribution in [3.63, 3.8) is 0 Å². The van der Waals surface area contributed by atoms with E-state index in [1.807, 2.05) is 0 Å². The summed E-state index contributed by atoms with van der Waals surface area (Å²) in [7, 11) is 0. The first-order chi connectivity index (χ1) is 9.59. The molecule has 5 heteroatoms. The second kappa shape index (κ2) is 7.18. The molecule has 1 heterocycles. The third-order valence-electron chi connectivity index (χ3n) is 4.74. The molecular weight excluding hydrogens is 254 g/mol. The van der Waals surface area contributed by atoms with Crippen LogP contribution in [0.15, 0.2) is 0 Å². The zero-order valence-electron chi connectivity index (χ0n) is 12.5. The Kier molecular flexibility index (Phi) is 5.54. The number of hydrazine groups is 1. The lowest BCUT2D eigenvalue weighted by atomic mass is 9.76. The number of likely N-dealkylation sites (tertiary alicyclic amines) is 1. The molecule has 0 radical (unpaired) electrons. The maximum Gasteiger partial charge on any atom is 0.240 e. The molecule has 20 heavy (non-hydrogen) atoms. The van der Waals surface area contributed by atoms with E-state index < -0.39 is 0 Å². The molecule has 1 amide bonds. The first kappa shape index (κ1) is 15.4. The van der Waals surface area contributed by atoms with Crippen LogP contribution in [-0.2, 0) is 9.59 Å². The van der Waals surface area contributed by atoms with Gasteiger partial charge in [-0.1, -0.05) is 12.8 Å². The van der Waals surface area contributed by atoms with E-state index in [9.17, 15) is 9.59 Å². The zero-order valence-corrected chi connectivity index (χ0v) is 12.5. The quantitative estimate of drug-likeness (QED) is 0.467. The molecule has 2 rings (SSSR count). The van der Waals surface area contributed by atoms with Crippen LogP contribution in [0.2, 0.25) is 0 Å². The molecule has 0 aromatic carbocycles. The van der Waals surface area contributed by atoms with Crippen LogP contribution < -0.4 is 5.84 Å². The fourth-order valence-electron chi connectivity index (χ4n) is 3.49. The summed E-state index contributed by atoms with van der Waals surface area (Å²) in [5.41, 5.74) is 0. The Hall–Kier alpha value is -0.940. The minimum atomic E-state index is -0.190. The Labute approximate surface area is 121 Å². The van der Waals surface area contributed by atoms with Crippen molar-refractivity contribution in [3.8, 4) is 0 Å². The van der Waals surface area contributed by atoms with Gasteiger partial charge in [0.1, 0.15) is 5.78 Å². The SMILES string of the molecule is CC(=O)[C@H]1CCCC[C@H]1C(=O)N(N)CCN1CCCC1. The molecular formula is C15H27N3O2. The van der Waals surface area contributed by atoms with Crippen molar-refractivity contribution in [3.05, 3.63) is 0 Å². The molecule has 0 aromatic rings. The number of hydrogen-bond donors (Lipinski definition) is 1. The Bertz CT molecular complexity index is 353. The summed E-state index contributed by atoms with van der Waals surface area (Å²) in [4.78, 5) is 26.5. The normalized spacial score (nSPS) is 27.5. The van der Waals surface area contributed by atoms with Gasteiger partial charge in [0.05, 0.1) is 0 Å². The van der Waals surface area contributed by atoms with E-state index in [2.05, 4.69) is 4.90 Å². The highest BCUT2D eigenvalue weighted by Gasteiger charge is 2.35. The molecule has 1 saturated heterocycles. The van der Waals surface area contributed by atoms with Gasteiger partial charge in [-0.25, -0.2) is 5.84 Å². The van der Waals surface area contributed by atoms with Crippen LogP contribution in [0.3, 0.4) is 0 Å². The topological polar surface area (TPSA) is 66.6 Å².